The molecule has 1 aliphatic carbocycles. The average Bonchev–Trinajstić information content (AvgIpc) is 3.46. The molecule has 5 nitrogen and oxygen atoms in total. The summed E-state index contributed by atoms with van der Waals surface area (Å²) in [4.78, 5) is 19.6. The van der Waals surface area contributed by atoms with Crippen molar-refractivity contribution in [3.63, 3.8) is 0 Å². The smallest absolute Gasteiger partial charge is 0.226 e. The molecular weight excluding hydrogens is 357 g/mol. The summed E-state index contributed by atoms with van der Waals surface area (Å²) in [5, 5.41) is 0. The van der Waals surface area contributed by atoms with Crippen molar-refractivity contribution < 1.29 is 13.9 Å². The SMILES string of the molecule is O=C(C1CCCC1)N(Cc1nccn1Cc1ccc(F)cc1)CC1CCCO1. The van der Waals surface area contributed by atoms with Gasteiger partial charge >= 0.3 is 0 Å². The molecule has 1 unspecified atom stereocenters. The normalized spacial score (nSPS) is 20.0. The number of hydrogen-bond acceptors (Lipinski definition) is 3. The predicted molar refractivity (Wildman–Crippen MR) is 104 cm³/mol. The molecule has 1 aliphatic heterocycles. The number of ether oxygens (including phenoxy) is 1. The first-order valence-electron chi connectivity index (χ1n) is 10.3. The first-order valence-corrected chi connectivity index (χ1v) is 10.3. The van der Waals surface area contributed by atoms with Crippen LogP contribution in [0.2, 0.25) is 0 Å². The van der Waals surface area contributed by atoms with Crippen LogP contribution in [0.3, 0.4) is 0 Å². The number of carbonyl (C=O) groups is 1. The highest BCUT2D eigenvalue weighted by Crippen LogP contribution is 2.28. The number of amides is 1. The first-order chi connectivity index (χ1) is 13.7. The van der Waals surface area contributed by atoms with Gasteiger partial charge in [0.05, 0.1) is 12.6 Å². The second kappa shape index (κ2) is 8.86. The Morgan fingerprint density at radius 1 is 1.18 bits per heavy atom. The maximum atomic E-state index is 13.2. The minimum absolute atomic E-state index is 0.130. The predicted octanol–water partition coefficient (Wildman–Crippen LogP) is 3.77. The van der Waals surface area contributed by atoms with Crippen LogP contribution in [0.25, 0.3) is 0 Å². The van der Waals surface area contributed by atoms with Gasteiger partial charge in [-0.15, -0.1) is 0 Å². The second-order valence-corrected chi connectivity index (χ2v) is 7.93. The van der Waals surface area contributed by atoms with E-state index in [2.05, 4.69) is 4.98 Å². The van der Waals surface area contributed by atoms with Gasteiger partial charge in [0.15, 0.2) is 0 Å². The number of carbonyl (C=O) groups excluding carboxylic acids is 1. The number of aromatic nitrogens is 2. The maximum Gasteiger partial charge on any atom is 0.226 e. The molecule has 0 radical (unpaired) electrons. The van der Waals surface area contributed by atoms with Crippen LogP contribution in [-0.4, -0.2) is 39.6 Å². The Hall–Kier alpha value is -2.21. The lowest BCUT2D eigenvalue weighted by molar-refractivity contribution is -0.137. The molecule has 1 atom stereocenters. The Labute approximate surface area is 165 Å². The maximum absolute atomic E-state index is 13.2. The zero-order valence-electron chi connectivity index (χ0n) is 16.2. The van der Waals surface area contributed by atoms with Gasteiger partial charge < -0.3 is 14.2 Å². The zero-order valence-corrected chi connectivity index (χ0v) is 16.2. The molecule has 1 aromatic carbocycles. The fraction of sp³-hybridized carbons (Fsp3) is 0.545. The van der Waals surface area contributed by atoms with Gasteiger partial charge in [0.1, 0.15) is 11.6 Å². The van der Waals surface area contributed by atoms with Gasteiger partial charge in [-0.25, -0.2) is 9.37 Å². The lowest BCUT2D eigenvalue weighted by Crippen LogP contribution is -2.40. The summed E-state index contributed by atoms with van der Waals surface area (Å²) in [5.74, 6) is 0.999. The minimum atomic E-state index is -0.237. The molecule has 28 heavy (non-hydrogen) atoms. The van der Waals surface area contributed by atoms with E-state index in [0.717, 1.165) is 56.5 Å². The highest BCUT2D eigenvalue weighted by molar-refractivity contribution is 5.79. The van der Waals surface area contributed by atoms with E-state index < -0.39 is 0 Å². The standard InChI is InChI=1S/C22H28FN3O2/c23-19-9-7-17(8-10-19)14-25-12-11-24-21(25)16-26(15-20-6-3-13-28-20)22(27)18-4-1-2-5-18/h7-12,18,20H,1-6,13-16H2. The summed E-state index contributed by atoms with van der Waals surface area (Å²) < 4.78 is 21.0. The zero-order chi connectivity index (χ0) is 19.3. The number of nitrogens with zero attached hydrogens (tertiary/aromatic N) is 3. The van der Waals surface area contributed by atoms with E-state index in [-0.39, 0.29) is 23.7 Å². The Morgan fingerprint density at radius 2 is 1.96 bits per heavy atom. The highest BCUT2D eigenvalue weighted by atomic mass is 19.1. The van der Waals surface area contributed by atoms with Crippen LogP contribution < -0.4 is 0 Å². The van der Waals surface area contributed by atoms with Crippen molar-refractivity contribution in [1.82, 2.24) is 14.5 Å². The van der Waals surface area contributed by atoms with Crippen molar-refractivity contribution in [3.05, 3.63) is 53.9 Å². The van der Waals surface area contributed by atoms with E-state index in [0.29, 0.717) is 19.6 Å². The molecule has 150 valence electrons. The van der Waals surface area contributed by atoms with Crippen LogP contribution in [0, 0.1) is 11.7 Å². The van der Waals surface area contributed by atoms with Crippen molar-refractivity contribution >= 4 is 5.91 Å². The van der Waals surface area contributed by atoms with Crippen LogP contribution in [-0.2, 0) is 22.6 Å². The molecule has 1 saturated carbocycles. The van der Waals surface area contributed by atoms with Gasteiger partial charge in [0.25, 0.3) is 0 Å². The van der Waals surface area contributed by atoms with E-state index in [1.54, 1.807) is 18.3 Å². The van der Waals surface area contributed by atoms with E-state index in [4.69, 9.17) is 4.74 Å². The number of halogens is 1. The fourth-order valence-corrected chi connectivity index (χ4v) is 4.29. The Bertz CT molecular complexity index is 777. The average molecular weight is 385 g/mol. The van der Waals surface area contributed by atoms with Gasteiger partial charge in [-0.05, 0) is 43.4 Å². The summed E-state index contributed by atoms with van der Waals surface area (Å²) in [6.07, 6.45) is 10.2. The third kappa shape index (κ3) is 4.61. The van der Waals surface area contributed by atoms with Crippen LogP contribution in [0.1, 0.15) is 49.9 Å². The lowest BCUT2D eigenvalue weighted by Gasteiger charge is -2.28. The topological polar surface area (TPSA) is 47.4 Å². The van der Waals surface area contributed by atoms with Crippen molar-refractivity contribution in [2.24, 2.45) is 5.92 Å². The highest BCUT2D eigenvalue weighted by Gasteiger charge is 2.30. The molecule has 6 heteroatoms. The quantitative estimate of drug-likeness (QED) is 0.729. The molecule has 2 aromatic rings. The summed E-state index contributed by atoms with van der Waals surface area (Å²) in [7, 11) is 0. The fourth-order valence-electron chi connectivity index (χ4n) is 4.29. The molecule has 2 aliphatic rings. The first kappa shape index (κ1) is 19.1. The number of imidazole rings is 1. The molecule has 1 amide bonds. The number of benzene rings is 1. The van der Waals surface area contributed by atoms with Crippen molar-refractivity contribution in [3.8, 4) is 0 Å². The van der Waals surface area contributed by atoms with Crippen LogP contribution >= 0.6 is 0 Å². The summed E-state index contributed by atoms with van der Waals surface area (Å²) >= 11 is 0. The molecular formula is C22H28FN3O2. The molecule has 1 aromatic heterocycles. The Kier molecular flexibility index (Phi) is 6.05. The molecule has 2 heterocycles. The van der Waals surface area contributed by atoms with Gasteiger partial charge in [-0.1, -0.05) is 25.0 Å². The Balaban J connectivity index is 1.48. The summed E-state index contributed by atoms with van der Waals surface area (Å²) in [6, 6.07) is 6.51. The third-order valence-corrected chi connectivity index (χ3v) is 5.86. The monoisotopic (exact) mass is 385 g/mol. The molecule has 0 N–H and O–H groups in total. The Morgan fingerprint density at radius 3 is 2.68 bits per heavy atom. The molecule has 0 bridgehead atoms. The van der Waals surface area contributed by atoms with Gasteiger partial charge in [0.2, 0.25) is 5.91 Å². The lowest BCUT2D eigenvalue weighted by atomic mass is 10.1. The van der Waals surface area contributed by atoms with Gasteiger partial charge in [-0.3, -0.25) is 4.79 Å². The second-order valence-electron chi connectivity index (χ2n) is 7.93. The van der Waals surface area contributed by atoms with Crippen LogP contribution in [0.5, 0.6) is 0 Å². The van der Waals surface area contributed by atoms with E-state index in [1.165, 1.54) is 12.1 Å². The molecule has 1 saturated heterocycles. The van der Waals surface area contributed by atoms with E-state index in [9.17, 15) is 9.18 Å². The van der Waals surface area contributed by atoms with Crippen LogP contribution in [0.4, 0.5) is 4.39 Å². The van der Waals surface area contributed by atoms with Gasteiger partial charge in [-0.2, -0.15) is 0 Å². The third-order valence-electron chi connectivity index (χ3n) is 5.86. The minimum Gasteiger partial charge on any atom is -0.376 e. The molecule has 0 spiro atoms. The van der Waals surface area contributed by atoms with Crippen molar-refractivity contribution in [1.29, 1.82) is 0 Å². The van der Waals surface area contributed by atoms with Crippen LogP contribution in [0.15, 0.2) is 36.7 Å². The largest absolute Gasteiger partial charge is 0.376 e. The molecule has 2 fully saturated rings. The van der Waals surface area contributed by atoms with Crippen molar-refractivity contribution in [2.75, 3.05) is 13.2 Å². The van der Waals surface area contributed by atoms with Crippen molar-refractivity contribution in [2.45, 2.75) is 57.7 Å². The van der Waals surface area contributed by atoms with Gasteiger partial charge in [0, 0.05) is 38.0 Å². The molecule has 4 rings (SSSR count). The summed E-state index contributed by atoms with van der Waals surface area (Å²) in [5.41, 5.74) is 1.01. The number of hydrogen-bond donors (Lipinski definition) is 0. The van der Waals surface area contributed by atoms with E-state index in [1.807, 2.05) is 15.7 Å². The summed E-state index contributed by atoms with van der Waals surface area (Å²) in [6.45, 7) is 2.53. The van der Waals surface area contributed by atoms with E-state index >= 15 is 0 Å². The number of rotatable bonds is 7.